The number of hydrogen-bond acceptors (Lipinski definition) is 2. The third-order valence-corrected chi connectivity index (χ3v) is 3.50. The topological polar surface area (TPSA) is 29.9 Å². The van der Waals surface area contributed by atoms with Crippen LogP contribution in [0.4, 0.5) is 0 Å². The van der Waals surface area contributed by atoms with E-state index in [4.69, 9.17) is 0 Å². The molecule has 1 heterocycles. The Morgan fingerprint density at radius 3 is 2.60 bits per heavy atom. The van der Waals surface area contributed by atoms with Crippen molar-refractivity contribution >= 4 is 0 Å². The van der Waals surface area contributed by atoms with Crippen molar-refractivity contribution in [2.45, 2.75) is 52.1 Å². The zero-order valence-corrected chi connectivity index (χ0v) is 10.0. The summed E-state index contributed by atoms with van der Waals surface area (Å²) in [7, 11) is 1.99. The standard InChI is InChI=1S/C12H21N3/c1-9-12(8-13-3)10(2)15(14-9)11-6-4-5-7-11/h11,13H,4-8H2,1-3H3. The van der Waals surface area contributed by atoms with Gasteiger partial charge in [0.1, 0.15) is 0 Å². The lowest BCUT2D eigenvalue weighted by molar-refractivity contribution is 0.454. The highest BCUT2D eigenvalue weighted by molar-refractivity contribution is 5.24. The van der Waals surface area contributed by atoms with Crippen LogP contribution in [0.3, 0.4) is 0 Å². The molecule has 3 heteroatoms. The summed E-state index contributed by atoms with van der Waals surface area (Å²) in [5, 5.41) is 7.90. The van der Waals surface area contributed by atoms with Gasteiger partial charge in [0.05, 0.1) is 11.7 Å². The molecule has 1 aromatic heterocycles. The smallest absolute Gasteiger partial charge is 0.0641 e. The van der Waals surface area contributed by atoms with E-state index in [1.165, 1.54) is 42.6 Å². The maximum Gasteiger partial charge on any atom is 0.0641 e. The lowest BCUT2D eigenvalue weighted by atomic mass is 10.2. The van der Waals surface area contributed by atoms with Gasteiger partial charge in [-0.1, -0.05) is 12.8 Å². The van der Waals surface area contributed by atoms with Crippen molar-refractivity contribution < 1.29 is 0 Å². The fourth-order valence-corrected chi connectivity index (χ4v) is 2.63. The number of rotatable bonds is 3. The predicted octanol–water partition coefficient (Wildman–Crippen LogP) is 2.33. The second kappa shape index (κ2) is 4.35. The summed E-state index contributed by atoms with van der Waals surface area (Å²) >= 11 is 0. The molecule has 0 spiro atoms. The van der Waals surface area contributed by atoms with Crippen LogP contribution in [0, 0.1) is 13.8 Å². The first-order valence-corrected chi connectivity index (χ1v) is 5.93. The molecule has 3 nitrogen and oxygen atoms in total. The Bertz CT molecular complexity index is 335. The summed E-state index contributed by atoms with van der Waals surface area (Å²) in [6.07, 6.45) is 5.34. The molecule has 1 fully saturated rings. The first kappa shape index (κ1) is 10.7. The molecule has 84 valence electrons. The SMILES string of the molecule is CNCc1c(C)nn(C2CCCC2)c1C. The van der Waals surface area contributed by atoms with Crippen molar-refractivity contribution in [2.24, 2.45) is 0 Å². The Morgan fingerprint density at radius 1 is 1.33 bits per heavy atom. The Balaban J connectivity index is 2.27. The van der Waals surface area contributed by atoms with E-state index in [1.807, 2.05) is 7.05 Å². The molecule has 1 aliphatic carbocycles. The third-order valence-electron chi connectivity index (χ3n) is 3.50. The van der Waals surface area contributed by atoms with E-state index in [1.54, 1.807) is 0 Å². The van der Waals surface area contributed by atoms with Gasteiger partial charge >= 0.3 is 0 Å². The van der Waals surface area contributed by atoms with Gasteiger partial charge in [-0.25, -0.2) is 0 Å². The van der Waals surface area contributed by atoms with Crippen LogP contribution in [0.2, 0.25) is 0 Å². The van der Waals surface area contributed by atoms with Crippen molar-refractivity contribution in [2.75, 3.05) is 7.05 Å². The van der Waals surface area contributed by atoms with Crippen LogP contribution < -0.4 is 5.32 Å². The van der Waals surface area contributed by atoms with E-state index in [0.29, 0.717) is 6.04 Å². The molecule has 0 amide bonds. The van der Waals surface area contributed by atoms with Crippen molar-refractivity contribution in [1.82, 2.24) is 15.1 Å². The molecule has 0 atom stereocenters. The van der Waals surface area contributed by atoms with Crippen LogP contribution in [0.1, 0.15) is 48.7 Å². The van der Waals surface area contributed by atoms with Gasteiger partial charge in [0.2, 0.25) is 0 Å². The molecule has 1 aromatic rings. The molecule has 15 heavy (non-hydrogen) atoms. The molecule has 0 unspecified atom stereocenters. The molecule has 0 radical (unpaired) electrons. The van der Waals surface area contributed by atoms with Crippen LogP contribution in [0.15, 0.2) is 0 Å². The maximum atomic E-state index is 4.69. The van der Waals surface area contributed by atoms with Gasteiger partial charge in [-0.15, -0.1) is 0 Å². The largest absolute Gasteiger partial charge is 0.316 e. The van der Waals surface area contributed by atoms with E-state index in [-0.39, 0.29) is 0 Å². The maximum absolute atomic E-state index is 4.69. The second-order valence-corrected chi connectivity index (χ2v) is 4.56. The first-order chi connectivity index (χ1) is 7.24. The molecule has 0 saturated heterocycles. The average molecular weight is 207 g/mol. The summed E-state index contributed by atoms with van der Waals surface area (Å²) in [6.45, 7) is 5.25. The zero-order chi connectivity index (χ0) is 10.8. The zero-order valence-electron chi connectivity index (χ0n) is 10.0. The van der Waals surface area contributed by atoms with Gasteiger partial charge in [-0.05, 0) is 33.7 Å². The van der Waals surface area contributed by atoms with E-state index in [0.717, 1.165) is 6.54 Å². The highest BCUT2D eigenvalue weighted by atomic mass is 15.3. The Kier molecular flexibility index (Phi) is 3.10. The highest BCUT2D eigenvalue weighted by Crippen LogP contribution is 2.31. The average Bonchev–Trinajstić information content (AvgIpc) is 2.81. The van der Waals surface area contributed by atoms with Gasteiger partial charge in [-0.3, -0.25) is 4.68 Å². The van der Waals surface area contributed by atoms with Crippen LogP contribution in [0.5, 0.6) is 0 Å². The van der Waals surface area contributed by atoms with E-state index >= 15 is 0 Å². The fraction of sp³-hybridized carbons (Fsp3) is 0.750. The van der Waals surface area contributed by atoms with Crippen LogP contribution in [-0.4, -0.2) is 16.8 Å². The second-order valence-electron chi connectivity index (χ2n) is 4.56. The molecule has 1 aliphatic rings. The minimum Gasteiger partial charge on any atom is -0.316 e. The third kappa shape index (κ3) is 1.93. The number of hydrogen-bond donors (Lipinski definition) is 1. The monoisotopic (exact) mass is 207 g/mol. The van der Waals surface area contributed by atoms with Crippen molar-refractivity contribution in [3.05, 3.63) is 17.0 Å². The Hall–Kier alpha value is -0.830. The number of aryl methyl sites for hydroxylation is 1. The number of aromatic nitrogens is 2. The lowest BCUT2D eigenvalue weighted by Gasteiger charge is -2.12. The first-order valence-electron chi connectivity index (χ1n) is 5.93. The van der Waals surface area contributed by atoms with Crippen molar-refractivity contribution in [3.8, 4) is 0 Å². The van der Waals surface area contributed by atoms with Gasteiger partial charge in [-0.2, -0.15) is 5.10 Å². The summed E-state index contributed by atoms with van der Waals surface area (Å²) in [4.78, 5) is 0. The molecule has 1 N–H and O–H groups in total. The summed E-state index contributed by atoms with van der Waals surface area (Å²) in [5.41, 5.74) is 3.92. The summed E-state index contributed by atoms with van der Waals surface area (Å²) in [6, 6.07) is 0.661. The molecule has 1 saturated carbocycles. The van der Waals surface area contributed by atoms with Crippen molar-refractivity contribution in [1.29, 1.82) is 0 Å². The van der Waals surface area contributed by atoms with Gasteiger partial charge in [0.25, 0.3) is 0 Å². The Morgan fingerprint density at radius 2 is 2.00 bits per heavy atom. The summed E-state index contributed by atoms with van der Waals surface area (Å²) < 4.78 is 2.26. The fourth-order valence-electron chi connectivity index (χ4n) is 2.63. The van der Waals surface area contributed by atoms with E-state index < -0.39 is 0 Å². The quantitative estimate of drug-likeness (QED) is 0.824. The molecule has 0 bridgehead atoms. The van der Waals surface area contributed by atoms with Crippen LogP contribution in [-0.2, 0) is 6.54 Å². The number of nitrogens with one attached hydrogen (secondary N) is 1. The van der Waals surface area contributed by atoms with Gasteiger partial charge in [0, 0.05) is 17.8 Å². The van der Waals surface area contributed by atoms with Crippen LogP contribution >= 0.6 is 0 Å². The number of nitrogens with zero attached hydrogens (tertiary/aromatic N) is 2. The molecule has 0 aromatic carbocycles. The molecule has 0 aliphatic heterocycles. The molecular formula is C12H21N3. The van der Waals surface area contributed by atoms with Crippen LogP contribution in [0.25, 0.3) is 0 Å². The predicted molar refractivity (Wildman–Crippen MR) is 62.0 cm³/mol. The minimum absolute atomic E-state index is 0.661. The van der Waals surface area contributed by atoms with E-state index in [2.05, 4.69) is 28.9 Å². The van der Waals surface area contributed by atoms with Gasteiger partial charge < -0.3 is 5.32 Å². The summed E-state index contributed by atoms with van der Waals surface area (Å²) in [5.74, 6) is 0. The normalized spacial score (nSPS) is 17.5. The molecular weight excluding hydrogens is 186 g/mol. The minimum atomic E-state index is 0.661. The van der Waals surface area contributed by atoms with E-state index in [9.17, 15) is 0 Å². The van der Waals surface area contributed by atoms with Crippen molar-refractivity contribution in [3.63, 3.8) is 0 Å². The van der Waals surface area contributed by atoms with Gasteiger partial charge in [0.15, 0.2) is 0 Å². The molecule has 2 rings (SSSR count). The Labute approximate surface area is 91.9 Å². The highest BCUT2D eigenvalue weighted by Gasteiger charge is 2.21. The lowest BCUT2D eigenvalue weighted by Crippen LogP contribution is -2.10.